The topological polar surface area (TPSA) is 63.1 Å². The summed E-state index contributed by atoms with van der Waals surface area (Å²) in [6.07, 6.45) is 8.11. The third-order valence-electron chi connectivity index (χ3n) is 5.61. The van der Waals surface area contributed by atoms with Crippen molar-refractivity contribution in [3.63, 3.8) is 0 Å². The Labute approximate surface area is 178 Å². The second-order valence-corrected chi connectivity index (χ2v) is 8.51. The lowest BCUT2D eigenvalue weighted by molar-refractivity contribution is 0.0950. The number of pyridine rings is 1. The summed E-state index contributed by atoms with van der Waals surface area (Å²) in [5.41, 5.74) is 2.96. The first kappa shape index (κ1) is 20.3. The molecular formula is C24H29N5O. The van der Waals surface area contributed by atoms with E-state index in [4.69, 9.17) is 0 Å². The molecule has 3 aromatic rings. The van der Waals surface area contributed by atoms with Gasteiger partial charge in [0.2, 0.25) is 0 Å². The zero-order valence-corrected chi connectivity index (χ0v) is 17.7. The quantitative estimate of drug-likeness (QED) is 0.682. The van der Waals surface area contributed by atoms with Crippen LogP contribution in [0.5, 0.6) is 0 Å². The smallest absolute Gasteiger partial charge is 0.253 e. The normalized spacial score (nSPS) is 19.5. The standard InChI is InChI=1S/C24H29N5O/c1-18-11-19(2)15-28(14-18)16-21-5-3-20(4-6-21)12-27-24(30)22-7-8-23(26-13-22)29-10-9-25-17-29/h3-10,13,17-19H,11-12,14-16H2,1-2H3,(H,27,30). The molecule has 0 bridgehead atoms. The molecule has 1 amide bonds. The van der Waals surface area contributed by atoms with E-state index in [0.717, 1.165) is 29.8 Å². The van der Waals surface area contributed by atoms with Crippen molar-refractivity contribution in [3.05, 3.63) is 78.0 Å². The van der Waals surface area contributed by atoms with Crippen molar-refractivity contribution in [1.82, 2.24) is 24.8 Å². The number of benzene rings is 1. The predicted molar refractivity (Wildman–Crippen MR) is 117 cm³/mol. The van der Waals surface area contributed by atoms with Gasteiger partial charge in [-0.25, -0.2) is 9.97 Å². The molecule has 156 valence electrons. The number of hydrogen-bond acceptors (Lipinski definition) is 4. The Kier molecular flexibility index (Phi) is 6.23. The zero-order chi connectivity index (χ0) is 20.9. The molecule has 0 spiro atoms. The van der Waals surface area contributed by atoms with Gasteiger partial charge in [-0.05, 0) is 41.5 Å². The second-order valence-electron chi connectivity index (χ2n) is 8.51. The van der Waals surface area contributed by atoms with E-state index in [0.29, 0.717) is 12.1 Å². The molecule has 2 atom stereocenters. The SMILES string of the molecule is CC1CC(C)CN(Cc2ccc(CNC(=O)c3ccc(-n4ccnc4)nc3)cc2)C1. The van der Waals surface area contributed by atoms with Crippen molar-refractivity contribution in [1.29, 1.82) is 0 Å². The first-order chi connectivity index (χ1) is 14.6. The molecule has 30 heavy (non-hydrogen) atoms. The van der Waals surface area contributed by atoms with Gasteiger partial charge in [-0.15, -0.1) is 0 Å². The minimum Gasteiger partial charge on any atom is -0.348 e. The number of nitrogens with one attached hydrogen (secondary N) is 1. The van der Waals surface area contributed by atoms with E-state index in [1.165, 1.54) is 25.1 Å². The van der Waals surface area contributed by atoms with Crippen LogP contribution in [0.3, 0.4) is 0 Å². The molecule has 3 heterocycles. The molecule has 2 unspecified atom stereocenters. The minimum absolute atomic E-state index is 0.125. The van der Waals surface area contributed by atoms with Crippen LogP contribution in [0.15, 0.2) is 61.3 Å². The molecule has 2 aromatic heterocycles. The van der Waals surface area contributed by atoms with Crippen LogP contribution in [0.2, 0.25) is 0 Å². The number of carbonyl (C=O) groups excluding carboxylic acids is 1. The molecule has 1 aliphatic rings. The minimum atomic E-state index is -0.125. The fourth-order valence-corrected chi connectivity index (χ4v) is 4.29. The number of aromatic nitrogens is 3. The third kappa shape index (κ3) is 5.13. The molecule has 1 aromatic carbocycles. The molecule has 6 heteroatoms. The van der Waals surface area contributed by atoms with Crippen molar-refractivity contribution in [3.8, 4) is 5.82 Å². The van der Waals surface area contributed by atoms with Gasteiger partial charge in [0, 0.05) is 44.8 Å². The molecule has 6 nitrogen and oxygen atoms in total. The highest BCUT2D eigenvalue weighted by Gasteiger charge is 2.21. The molecule has 4 rings (SSSR count). The molecule has 1 saturated heterocycles. The van der Waals surface area contributed by atoms with Crippen molar-refractivity contribution < 1.29 is 4.79 Å². The number of carbonyl (C=O) groups is 1. The summed E-state index contributed by atoms with van der Waals surface area (Å²) in [4.78, 5) is 23.3. The number of likely N-dealkylation sites (tertiary alicyclic amines) is 1. The number of nitrogens with zero attached hydrogens (tertiary/aromatic N) is 4. The monoisotopic (exact) mass is 403 g/mol. The number of hydrogen-bond donors (Lipinski definition) is 1. The van der Waals surface area contributed by atoms with Crippen molar-refractivity contribution >= 4 is 5.91 Å². The lowest BCUT2D eigenvalue weighted by atomic mass is 9.91. The Balaban J connectivity index is 1.29. The van der Waals surface area contributed by atoms with Crippen molar-refractivity contribution in [2.45, 2.75) is 33.4 Å². The van der Waals surface area contributed by atoms with Gasteiger partial charge >= 0.3 is 0 Å². The largest absolute Gasteiger partial charge is 0.348 e. The molecule has 1 N–H and O–H groups in total. The van der Waals surface area contributed by atoms with Gasteiger partial charge in [-0.1, -0.05) is 38.1 Å². The fourth-order valence-electron chi connectivity index (χ4n) is 4.29. The summed E-state index contributed by atoms with van der Waals surface area (Å²) >= 11 is 0. The average molecular weight is 404 g/mol. The Morgan fingerprint density at radius 2 is 1.80 bits per heavy atom. The van der Waals surface area contributed by atoms with Crippen molar-refractivity contribution in [2.24, 2.45) is 11.8 Å². The summed E-state index contributed by atoms with van der Waals surface area (Å²) in [5, 5.41) is 2.97. The first-order valence-electron chi connectivity index (χ1n) is 10.6. The summed E-state index contributed by atoms with van der Waals surface area (Å²) in [6, 6.07) is 12.1. The van der Waals surface area contributed by atoms with E-state index in [1.807, 2.05) is 12.3 Å². The second kappa shape index (κ2) is 9.22. The van der Waals surface area contributed by atoms with Gasteiger partial charge in [0.1, 0.15) is 12.1 Å². The van der Waals surface area contributed by atoms with Crippen LogP contribution in [-0.4, -0.2) is 38.4 Å². The van der Waals surface area contributed by atoms with Crippen LogP contribution in [0.1, 0.15) is 41.8 Å². The van der Waals surface area contributed by atoms with E-state index < -0.39 is 0 Å². The highest BCUT2D eigenvalue weighted by atomic mass is 16.1. The average Bonchev–Trinajstić information content (AvgIpc) is 3.27. The molecule has 0 radical (unpaired) electrons. The first-order valence-corrected chi connectivity index (χ1v) is 10.6. The molecule has 1 aliphatic heterocycles. The van der Waals surface area contributed by atoms with Gasteiger partial charge in [0.15, 0.2) is 0 Å². The lowest BCUT2D eigenvalue weighted by Gasteiger charge is -2.35. The Hall–Kier alpha value is -2.99. The van der Waals surface area contributed by atoms with E-state index in [1.54, 1.807) is 29.4 Å². The van der Waals surface area contributed by atoms with Gasteiger partial charge in [0.25, 0.3) is 5.91 Å². The number of rotatable bonds is 6. The van der Waals surface area contributed by atoms with Crippen LogP contribution < -0.4 is 5.32 Å². The molecule has 0 saturated carbocycles. The molecule has 1 fully saturated rings. The van der Waals surface area contributed by atoms with Crippen molar-refractivity contribution in [2.75, 3.05) is 13.1 Å². The highest BCUT2D eigenvalue weighted by molar-refractivity contribution is 5.93. The maximum atomic E-state index is 12.4. The van der Waals surface area contributed by atoms with E-state index >= 15 is 0 Å². The van der Waals surface area contributed by atoms with Crippen LogP contribution in [0.4, 0.5) is 0 Å². The fraction of sp³-hybridized carbons (Fsp3) is 0.375. The third-order valence-corrected chi connectivity index (χ3v) is 5.61. The van der Waals surface area contributed by atoms with E-state index in [9.17, 15) is 4.79 Å². The van der Waals surface area contributed by atoms with E-state index in [2.05, 4.69) is 58.3 Å². The van der Waals surface area contributed by atoms with Gasteiger partial charge in [0.05, 0.1) is 5.56 Å². The molecule has 0 aliphatic carbocycles. The predicted octanol–water partition coefficient (Wildman–Crippen LogP) is 3.68. The van der Waals surface area contributed by atoms with Gasteiger partial charge in [-0.2, -0.15) is 0 Å². The number of piperidine rings is 1. The molecular weight excluding hydrogens is 374 g/mol. The Morgan fingerprint density at radius 3 is 2.43 bits per heavy atom. The maximum absolute atomic E-state index is 12.4. The summed E-state index contributed by atoms with van der Waals surface area (Å²) < 4.78 is 1.80. The number of imidazole rings is 1. The highest BCUT2D eigenvalue weighted by Crippen LogP contribution is 2.22. The number of amides is 1. The van der Waals surface area contributed by atoms with Crippen LogP contribution >= 0.6 is 0 Å². The Bertz CT molecular complexity index is 940. The summed E-state index contributed by atoms with van der Waals surface area (Å²) in [7, 11) is 0. The van der Waals surface area contributed by atoms with Crippen LogP contribution in [-0.2, 0) is 13.1 Å². The zero-order valence-electron chi connectivity index (χ0n) is 17.7. The van der Waals surface area contributed by atoms with Crippen LogP contribution in [0.25, 0.3) is 5.82 Å². The summed E-state index contributed by atoms with van der Waals surface area (Å²) in [5.74, 6) is 2.15. The van der Waals surface area contributed by atoms with Gasteiger partial charge < -0.3 is 5.32 Å². The van der Waals surface area contributed by atoms with Gasteiger partial charge in [-0.3, -0.25) is 14.3 Å². The lowest BCUT2D eigenvalue weighted by Crippen LogP contribution is -2.38. The Morgan fingerprint density at radius 1 is 1.07 bits per heavy atom. The maximum Gasteiger partial charge on any atom is 0.253 e. The summed E-state index contributed by atoms with van der Waals surface area (Å²) in [6.45, 7) is 8.53. The van der Waals surface area contributed by atoms with Crippen LogP contribution in [0, 0.1) is 11.8 Å². The van der Waals surface area contributed by atoms with E-state index in [-0.39, 0.29) is 5.91 Å².